The van der Waals surface area contributed by atoms with Crippen LogP contribution in [0.1, 0.15) is 48.3 Å². The molecule has 2 heterocycles. The van der Waals surface area contributed by atoms with Crippen LogP contribution >= 0.6 is 35.3 Å². The fraction of sp³-hybridized carbons (Fsp3) is 0.550. The summed E-state index contributed by atoms with van der Waals surface area (Å²) in [4.78, 5) is 14.3. The Morgan fingerprint density at radius 1 is 1.21 bits per heavy atom. The van der Waals surface area contributed by atoms with Crippen molar-refractivity contribution in [3.63, 3.8) is 0 Å². The van der Waals surface area contributed by atoms with Crippen LogP contribution in [0.25, 0.3) is 0 Å². The van der Waals surface area contributed by atoms with Gasteiger partial charge in [0, 0.05) is 30.7 Å². The molecule has 0 aliphatic rings. The van der Waals surface area contributed by atoms with Crippen LogP contribution in [0.2, 0.25) is 0 Å². The molecule has 0 saturated heterocycles. The molecule has 0 fully saturated rings. The number of pyridine rings is 1. The number of nitrogens with one attached hydrogen (secondary N) is 2. The second-order valence-electron chi connectivity index (χ2n) is 7.08. The van der Waals surface area contributed by atoms with E-state index in [9.17, 15) is 0 Å². The molecule has 8 heteroatoms. The molecule has 0 spiro atoms. The first-order valence-electron chi connectivity index (χ1n) is 9.36. The summed E-state index contributed by atoms with van der Waals surface area (Å²) in [5.74, 6) is 2.03. The monoisotopic (exact) mass is 517 g/mol. The fourth-order valence-corrected chi connectivity index (χ4v) is 3.73. The molecule has 0 aliphatic heterocycles. The van der Waals surface area contributed by atoms with Crippen molar-refractivity contribution < 1.29 is 4.74 Å². The van der Waals surface area contributed by atoms with E-state index in [0.717, 1.165) is 28.6 Å². The molecule has 0 aromatic carbocycles. The highest BCUT2D eigenvalue weighted by Gasteiger charge is 2.09. The molecule has 1 atom stereocenters. The Kier molecular flexibility index (Phi) is 10.7. The molecule has 1 unspecified atom stereocenters. The highest BCUT2D eigenvalue weighted by Crippen LogP contribution is 2.17. The number of ether oxygens (including phenoxy) is 1. The van der Waals surface area contributed by atoms with Crippen molar-refractivity contribution in [2.24, 2.45) is 10.9 Å². The first-order valence-corrected chi connectivity index (χ1v) is 10.2. The van der Waals surface area contributed by atoms with Gasteiger partial charge in [0.1, 0.15) is 0 Å². The highest BCUT2D eigenvalue weighted by molar-refractivity contribution is 14.0. The lowest BCUT2D eigenvalue weighted by atomic mass is 10.1. The summed E-state index contributed by atoms with van der Waals surface area (Å²) in [6.07, 6.45) is 2.95. The van der Waals surface area contributed by atoms with E-state index in [4.69, 9.17) is 4.74 Å². The smallest absolute Gasteiger partial charge is 0.213 e. The Morgan fingerprint density at radius 3 is 2.54 bits per heavy atom. The molecule has 2 aromatic heterocycles. The average molecular weight is 517 g/mol. The third-order valence-corrected chi connectivity index (χ3v) is 5.10. The van der Waals surface area contributed by atoms with Crippen molar-refractivity contribution in [1.29, 1.82) is 0 Å². The minimum absolute atomic E-state index is 0. The summed E-state index contributed by atoms with van der Waals surface area (Å²) in [6, 6.07) is 3.96. The second kappa shape index (κ2) is 12.2. The van der Waals surface area contributed by atoms with Gasteiger partial charge in [0.25, 0.3) is 0 Å². The standard InChI is InChI=1S/C20H31N5OS.HI/c1-13(2)9-14(3)26-19-10-17(7-8-22-19)11-23-20(21-6)24-12-18-15(4)25-16(5)27-18;/h7-8,10,13-14H,9,11-12H2,1-6H3,(H2,21,23,24);1H. The maximum Gasteiger partial charge on any atom is 0.213 e. The molecular formula is C20H32IN5OS. The van der Waals surface area contributed by atoms with Crippen molar-refractivity contribution in [2.45, 2.75) is 60.2 Å². The molecule has 0 bridgehead atoms. The average Bonchev–Trinajstić information content (AvgIpc) is 2.92. The Hall–Kier alpha value is -1.42. The van der Waals surface area contributed by atoms with Crippen LogP contribution in [0, 0.1) is 19.8 Å². The highest BCUT2D eigenvalue weighted by atomic mass is 127. The largest absolute Gasteiger partial charge is 0.475 e. The number of halogens is 1. The molecular weight excluding hydrogens is 485 g/mol. The summed E-state index contributed by atoms with van der Waals surface area (Å²) < 4.78 is 5.93. The van der Waals surface area contributed by atoms with Gasteiger partial charge >= 0.3 is 0 Å². The number of aryl methyl sites for hydroxylation is 2. The van der Waals surface area contributed by atoms with Gasteiger partial charge in [-0.15, -0.1) is 35.3 Å². The van der Waals surface area contributed by atoms with Gasteiger partial charge in [0.05, 0.1) is 23.4 Å². The molecule has 6 nitrogen and oxygen atoms in total. The number of hydrogen-bond acceptors (Lipinski definition) is 5. The third-order valence-electron chi connectivity index (χ3n) is 4.02. The number of thiazole rings is 1. The molecule has 0 aliphatic carbocycles. The number of hydrogen-bond donors (Lipinski definition) is 2. The van der Waals surface area contributed by atoms with E-state index in [2.05, 4.69) is 46.4 Å². The van der Waals surface area contributed by atoms with Gasteiger partial charge in [-0.1, -0.05) is 13.8 Å². The van der Waals surface area contributed by atoms with Crippen LogP contribution in [0.15, 0.2) is 23.3 Å². The summed E-state index contributed by atoms with van der Waals surface area (Å²) in [5.41, 5.74) is 2.18. The van der Waals surface area contributed by atoms with Gasteiger partial charge in [-0.25, -0.2) is 9.97 Å². The lowest BCUT2D eigenvalue weighted by Crippen LogP contribution is -2.36. The number of aliphatic imine (C=N–C) groups is 1. The zero-order chi connectivity index (χ0) is 19.8. The zero-order valence-electron chi connectivity index (χ0n) is 17.6. The van der Waals surface area contributed by atoms with Crippen LogP contribution in [0.5, 0.6) is 5.88 Å². The summed E-state index contributed by atoms with van der Waals surface area (Å²) >= 11 is 1.71. The van der Waals surface area contributed by atoms with Gasteiger partial charge in [0.15, 0.2) is 5.96 Å². The summed E-state index contributed by atoms with van der Waals surface area (Å²) in [7, 11) is 1.77. The van der Waals surface area contributed by atoms with Gasteiger partial charge < -0.3 is 15.4 Å². The molecule has 0 saturated carbocycles. The number of aromatic nitrogens is 2. The van der Waals surface area contributed by atoms with Crippen molar-refractivity contribution in [1.82, 2.24) is 20.6 Å². The minimum atomic E-state index is 0. The van der Waals surface area contributed by atoms with E-state index in [1.54, 1.807) is 24.6 Å². The minimum Gasteiger partial charge on any atom is -0.475 e. The van der Waals surface area contributed by atoms with E-state index in [-0.39, 0.29) is 30.1 Å². The van der Waals surface area contributed by atoms with Gasteiger partial charge in [-0.2, -0.15) is 0 Å². The molecule has 2 rings (SSSR count). The number of nitrogens with zero attached hydrogens (tertiary/aromatic N) is 3. The van der Waals surface area contributed by atoms with E-state index < -0.39 is 0 Å². The second-order valence-corrected chi connectivity index (χ2v) is 8.37. The topological polar surface area (TPSA) is 71.4 Å². The van der Waals surface area contributed by atoms with E-state index >= 15 is 0 Å². The van der Waals surface area contributed by atoms with E-state index in [1.165, 1.54) is 4.88 Å². The Morgan fingerprint density at radius 2 is 1.93 bits per heavy atom. The lowest BCUT2D eigenvalue weighted by Gasteiger charge is -2.16. The normalized spacial score (nSPS) is 12.5. The van der Waals surface area contributed by atoms with Gasteiger partial charge in [-0.05, 0) is 44.7 Å². The van der Waals surface area contributed by atoms with Crippen molar-refractivity contribution in [2.75, 3.05) is 7.05 Å². The van der Waals surface area contributed by atoms with Crippen LogP contribution in [-0.4, -0.2) is 29.1 Å². The summed E-state index contributed by atoms with van der Waals surface area (Å²) in [5, 5.41) is 7.76. The first kappa shape index (κ1) is 24.6. The molecule has 0 radical (unpaired) electrons. The predicted molar refractivity (Wildman–Crippen MR) is 128 cm³/mol. The maximum absolute atomic E-state index is 5.93. The fourth-order valence-electron chi connectivity index (χ4n) is 2.85. The molecule has 28 heavy (non-hydrogen) atoms. The molecule has 0 amide bonds. The third kappa shape index (κ3) is 8.30. The van der Waals surface area contributed by atoms with Crippen molar-refractivity contribution in [3.05, 3.63) is 39.5 Å². The van der Waals surface area contributed by atoms with Crippen molar-refractivity contribution in [3.8, 4) is 5.88 Å². The lowest BCUT2D eigenvalue weighted by molar-refractivity contribution is 0.185. The van der Waals surface area contributed by atoms with Crippen LogP contribution in [-0.2, 0) is 13.1 Å². The van der Waals surface area contributed by atoms with E-state index in [1.807, 2.05) is 26.0 Å². The Bertz CT molecular complexity index is 763. The maximum atomic E-state index is 5.93. The van der Waals surface area contributed by atoms with Gasteiger partial charge in [0.2, 0.25) is 5.88 Å². The quantitative estimate of drug-likeness (QED) is 0.308. The van der Waals surface area contributed by atoms with Gasteiger partial charge in [-0.3, -0.25) is 4.99 Å². The Balaban J connectivity index is 0.00000392. The van der Waals surface area contributed by atoms with Crippen LogP contribution < -0.4 is 15.4 Å². The molecule has 2 aromatic rings. The van der Waals surface area contributed by atoms with Crippen LogP contribution in [0.3, 0.4) is 0 Å². The number of guanidine groups is 1. The first-order chi connectivity index (χ1) is 12.9. The SMILES string of the molecule is CN=C(NCc1ccnc(OC(C)CC(C)C)c1)NCc1sc(C)nc1C.I. The number of rotatable bonds is 8. The van der Waals surface area contributed by atoms with Crippen LogP contribution in [0.4, 0.5) is 0 Å². The predicted octanol–water partition coefficient (Wildman–Crippen LogP) is 4.45. The molecule has 156 valence electrons. The Labute approximate surface area is 189 Å². The van der Waals surface area contributed by atoms with E-state index in [0.29, 0.717) is 24.9 Å². The molecule has 2 N–H and O–H groups in total. The summed E-state index contributed by atoms with van der Waals surface area (Å²) in [6.45, 7) is 11.9. The van der Waals surface area contributed by atoms with Crippen molar-refractivity contribution >= 4 is 41.3 Å². The zero-order valence-corrected chi connectivity index (χ0v) is 20.7.